The second-order valence-corrected chi connectivity index (χ2v) is 14.3. The number of nitrogens with zero attached hydrogens (tertiary/aromatic N) is 1. The number of benzene rings is 2. The van der Waals surface area contributed by atoms with Crippen LogP contribution < -0.4 is 16.4 Å². The number of nitrogens with one attached hydrogen (secondary N) is 2. The molecule has 3 atom stereocenters. The minimum atomic E-state index is -3.92. The van der Waals surface area contributed by atoms with E-state index in [4.69, 9.17) is 10.5 Å². The Morgan fingerprint density at radius 3 is 2.19 bits per heavy atom. The van der Waals surface area contributed by atoms with E-state index in [0.29, 0.717) is 43.7 Å². The molecule has 48 heavy (non-hydrogen) atoms. The molecule has 5 N–H and O–H groups in total. The number of aryl methyl sites for hydroxylation is 1. The number of ether oxygens (including phenoxy) is 1. The van der Waals surface area contributed by atoms with Crippen molar-refractivity contribution >= 4 is 27.7 Å². The van der Waals surface area contributed by atoms with E-state index in [9.17, 15) is 36.7 Å². The van der Waals surface area contributed by atoms with E-state index in [0.717, 1.165) is 17.7 Å². The number of rotatable bonds is 20. The zero-order valence-electron chi connectivity index (χ0n) is 28.2. The second kappa shape index (κ2) is 20.0. The Kier molecular flexibility index (Phi) is 16.9. The molecule has 0 spiro atoms. The molecule has 0 saturated heterocycles. The van der Waals surface area contributed by atoms with E-state index in [1.807, 2.05) is 39.0 Å². The van der Waals surface area contributed by atoms with Gasteiger partial charge in [0.05, 0.1) is 23.7 Å². The normalized spacial score (nSPS) is 13.4. The van der Waals surface area contributed by atoms with Gasteiger partial charge in [-0.25, -0.2) is 22.0 Å². The highest BCUT2D eigenvalue weighted by Crippen LogP contribution is 2.19. The molecule has 0 aliphatic carbocycles. The Labute approximate surface area is 282 Å². The molecule has 2 aromatic carbocycles. The summed E-state index contributed by atoms with van der Waals surface area (Å²) >= 11 is 0. The Hall–Kier alpha value is -3.62. The van der Waals surface area contributed by atoms with Crippen molar-refractivity contribution in [3.8, 4) is 0 Å². The fourth-order valence-electron chi connectivity index (χ4n) is 5.36. The third-order valence-corrected chi connectivity index (χ3v) is 10.1. The van der Waals surface area contributed by atoms with Crippen molar-refractivity contribution in [2.45, 2.75) is 96.2 Å². The highest BCUT2D eigenvalue weighted by Gasteiger charge is 2.36. The smallest absolute Gasteiger partial charge is 0.407 e. The van der Waals surface area contributed by atoms with Gasteiger partial charge in [0.2, 0.25) is 11.8 Å². The van der Waals surface area contributed by atoms with Crippen LogP contribution in [0.2, 0.25) is 0 Å². The Morgan fingerprint density at radius 2 is 1.60 bits per heavy atom. The number of carbonyl (C=O) groups excluding carboxylic acids is 3. The number of hydrogen-bond acceptors (Lipinski definition) is 8. The molecule has 0 bridgehead atoms. The first-order chi connectivity index (χ1) is 22.7. The first kappa shape index (κ1) is 40.6. The SMILES string of the molecule is CCCC(CCC)S(=O)(=O)C[C@@H](NC(=O)OCCNC(C)=O)C(=O)N(Cc1cccc(CC)c1)C[C@@H](O)[C@@H](N)Cc1cc(F)cc(F)c1. The number of halogens is 2. The van der Waals surface area contributed by atoms with Crippen LogP contribution in [0.5, 0.6) is 0 Å². The lowest BCUT2D eigenvalue weighted by Gasteiger charge is -2.32. The summed E-state index contributed by atoms with van der Waals surface area (Å²) in [7, 11) is -3.92. The van der Waals surface area contributed by atoms with E-state index in [1.165, 1.54) is 11.8 Å². The fourth-order valence-corrected chi connectivity index (χ4v) is 7.52. The second-order valence-electron chi connectivity index (χ2n) is 11.9. The maximum atomic E-state index is 14.3. The third kappa shape index (κ3) is 13.9. The molecule has 2 rings (SSSR count). The average Bonchev–Trinajstić information content (AvgIpc) is 3.01. The van der Waals surface area contributed by atoms with Gasteiger partial charge >= 0.3 is 6.09 Å². The predicted octanol–water partition coefficient (Wildman–Crippen LogP) is 3.40. The molecule has 0 fully saturated rings. The van der Waals surface area contributed by atoms with Crippen LogP contribution in [0.15, 0.2) is 42.5 Å². The summed E-state index contributed by atoms with van der Waals surface area (Å²) in [5, 5.41) is 15.3. The number of hydrogen-bond donors (Lipinski definition) is 4. The molecule has 11 nitrogen and oxygen atoms in total. The molecule has 2 aromatic rings. The molecule has 14 heteroatoms. The summed E-state index contributed by atoms with van der Waals surface area (Å²) in [5.41, 5.74) is 8.11. The lowest BCUT2D eigenvalue weighted by Crippen LogP contribution is -2.55. The van der Waals surface area contributed by atoms with Crippen molar-refractivity contribution in [3.63, 3.8) is 0 Å². The van der Waals surface area contributed by atoms with Crippen LogP contribution in [0.3, 0.4) is 0 Å². The highest BCUT2D eigenvalue weighted by atomic mass is 32.2. The first-order valence-corrected chi connectivity index (χ1v) is 18.0. The third-order valence-electron chi connectivity index (χ3n) is 7.81. The summed E-state index contributed by atoms with van der Waals surface area (Å²) < 4.78 is 60.0. The molecule has 0 heterocycles. The van der Waals surface area contributed by atoms with E-state index in [1.54, 1.807) is 6.07 Å². The standard InChI is InChI=1S/C34H50F2N4O7S/c1-5-9-29(10-6-2)48(45,46)22-31(39-34(44)47-14-13-38-23(4)41)33(43)40(20-25-12-8-11-24(7-3)15-25)21-32(42)30(37)18-26-16-27(35)19-28(36)17-26/h8,11-12,15-17,19,29-32,42H,5-7,9-10,13-14,18,20-22,37H2,1-4H3,(H,38,41)(H,39,44)/t30-,31+,32+/m0/s1. The van der Waals surface area contributed by atoms with Gasteiger partial charge in [0.1, 0.15) is 24.3 Å². The van der Waals surface area contributed by atoms with Crippen LogP contribution in [0, 0.1) is 11.6 Å². The van der Waals surface area contributed by atoms with Crippen molar-refractivity contribution in [1.29, 1.82) is 0 Å². The van der Waals surface area contributed by atoms with Gasteiger partial charge in [-0.3, -0.25) is 9.59 Å². The molecule has 0 aromatic heterocycles. The van der Waals surface area contributed by atoms with Crippen LogP contribution in [0.4, 0.5) is 13.6 Å². The minimum Gasteiger partial charge on any atom is -0.448 e. The van der Waals surface area contributed by atoms with Gasteiger partial charge < -0.3 is 31.1 Å². The molecule has 0 radical (unpaired) electrons. The van der Waals surface area contributed by atoms with Gasteiger partial charge in [-0.15, -0.1) is 0 Å². The maximum Gasteiger partial charge on any atom is 0.407 e. The summed E-state index contributed by atoms with van der Waals surface area (Å²) in [4.78, 5) is 39.5. The van der Waals surface area contributed by atoms with Crippen LogP contribution in [-0.4, -0.2) is 85.2 Å². The fraction of sp³-hybridized carbons (Fsp3) is 0.559. The van der Waals surface area contributed by atoms with Gasteiger partial charge in [-0.2, -0.15) is 0 Å². The number of nitrogens with two attached hydrogens (primary N) is 1. The summed E-state index contributed by atoms with van der Waals surface area (Å²) in [5.74, 6) is -3.45. The summed E-state index contributed by atoms with van der Waals surface area (Å²) in [6, 6.07) is 7.63. The molecule has 268 valence electrons. The lowest BCUT2D eigenvalue weighted by atomic mass is 10.0. The van der Waals surface area contributed by atoms with Crippen LogP contribution >= 0.6 is 0 Å². The number of amides is 3. The predicted molar refractivity (Wildman–Crippen MR) is 180 cm³/mol. The molecule has 0 aliphatic rings. The molecule has 0 saturated carbocycles. The zero-order valence-corrected chi connectivity index (χ0v) is 29.0. The maximum absolute atomic E-state index is 14.3. The topological polar surface area (TPSA) is 168 Å². The van der Waals surface area contributed by atoms with E-state index >= 15 is 0 Å². The van der Waals surface area contributed by atoms with Crippen LogP contribution in [-0.2, 0) is 43.5 Å². The van der Waals surface area contributed by atoms with E-state index < -0.39 is 62.7 Å². The van der Waals surface area contributed by atoms with Gasteiger partial charge in [0, 0.05) is 32.1 Å². The summed E-state index contributed by atoms with van der Waals surface area (Å²) in [6.45, 7) is 6.32. The summed E-state index contributed by atoms with van der Waals surface area (Å²) in [6.07, 6.45) is 0.0813. The quantitative estimate of drug-likeness (QED) is 0.153. The first-order valence-electron chi connectivity index (χ1n) is 16.3. The highest BCUT2D eigenvalue weighted by molar-refractivity contribution is 7.92. The van der Waals surface area contributed by atoms with E-state index in [2.05, 4.69) is 10.6 Å². The largest absolute Gasteiger partial charge is 0.448 e. The lowest BCUT2D eigenvalue weighted by molar-refractivity contribution is -0.135. The monoisotopic (exact) mass is 696 g/mol. The molecular formula is C34H50F2N4O7S. The van der Waals surface area contributed by atoms with Crippen LogP contribution in [0.1, 0.15) is 70.1 Å². The van der Waals surface area contributed by atoms with E-state index in [-0.39, 0.29) is 44.1 Å². The molecule has 3 amide bonds. The Morgan fingerprint density at radius 1 is 0.979 bits per heavy atom. The van der Waals surface area contributed by atoms with Crippen molar-refractivity contribution < 1.29 is 41.4 Å². The van der Waals surface area contributed by atoms with Crippen LogP contribution in [0.25, 0.3) is 0 Å². The average molecular weight is 697 g/mol. The number of sulfone groups is 1. The zero-order chi connectivity index (χ0) is 35.9. The van der Waals surface area contributed by atoms with Gasteiger partial charge in [0.25, 0.3) is 0 Å². The number of aliphatic hydroxyl groups is 1. The molecular weight excluding hydrogens is 646 g/mol. The number of alkyl carbamates (subject to hydrolysis) is 1. The van der Waals surface area contributed by atoms with Crippen molar-refractivity contribution in [2.24, 2.45) is 5.73 Å². The molecule has 0 aliphatic heterocycles. The molecule has 0 unspecified atom stereocenters. The van der Waals surface area contributed by atoms with Gasteiger partial charge in [-0.05, 0) is 54.5 Å². The van der Waals surface area contributed by atoms with Crippen molar-refractivity contribution in [3.05, 3.63) is 70.8 Å². The number of carbonyl (C=O) groups is 3. The number of aliphatic hydroxyl groups excluding tert-OH is 1. The Balaban J connectivity index is 2.44. The van der Waals surface area contributed by atoms with Crippen molar-refractivity contribution in [1.82, 2.24) is 15.5 Å². The Bertz CT molecular complexity index is 1430. The minimum absolute atomic E-state index is 0.00786. The van der Waals surface area contributed by atoms with Gasteiger partial charge in [0.15, 0.2) is 9.84 Å². The van der Waals surface area contributed by atoms with Crippen molar-refractivity contribution in [2.75, 3.05) is 25.4 Å². The van der Waals surface area contributed by atoms with Gasteiger partial charge in [-0.1, -0.05) is 57.9 Å².